The zero-order valence-corrected chi connectivity index (χ0v) is 21.2. The van der Waals surface area contributed by atoms with Crippen LogP contribution < -0.4 is 10.2 Å². The molecule has 0 saturated carbocycles. The minimum Gasteiger partial charge on any atom is -0.479 e. The average Bonchev–Trinajstić information content (AvgIpc) is 2.75. The first-order chi connectivity index (χ1) is 16.7. The number of pyridine rings is 1. The molecule has 0 saturated heterocycles. The number of amides is 2. The predicted molar refractivity (Wildman–Crippen MR) is 137 cm³/mol. The van der Waals surface area contributed by atoms with E-state index in [4.69, 9.17) is 9.47 Å². The Morgan fingerprint density at radius 2 is 1.47 bits per heavy atom. The molecular weight excluding hydrogens is 462 g/mol. The number of carboxylic acid groups (broad SMARTS) is 1. The van der Waals surface area contributed by atoms with Gasteiger partial charge >= 0.3 is 18.2 Å². The van der Waals surface area contributed by atoms with Crippen LogP contribution >= 0.6 is 0 Å². The number of carbonyl (C=O) groups is 3. The summed E-state index contributed by atoms with van der Waals surface area (Å²) in [5.41, 5.74) is -0.580. The smallest absolute Gasteiger partial charge is 0.425 e. The quantitative estimate of drug-likeness (QED) is 0.434. The lowest BCUT2D eigenvalue weighted by Gasteiger charge is -2.28. The Balaban J connectivity index is 2.03. The van der Waals surface area contributed by atoms with E-state index in [0.717, 1.165) is 4.90 Å². The van der Waals surface area contributed by atoms with Crippen molar-refractivity contribution in [2.45, 2.75) is 58.8 Å². The molecular formula is C27H31N3O6. The van der Waals surface area contributed by atoms with E-state index < -0.39 is 35.4 Å². The number of rotatable bonds is 5. The first-order valence-corrected chi connectivity index (χ1v) is 11.4. The Kier molecular flexibility index (Phi) is 7.52. The van der Waals surface area contributed by atoms with Crippen LogP contribution in [0.25, 0.3) is 10.8 Å². The Labute approximate surface area is 210 Å². The topological polar surface area (TPSA) is 118 Å². The van der Waals surface area contributed by atoms with Crippen LogP contribution in [0.3, 0.4) is 0 Å². The van der Waals surface area contributed by atoms with Gasteiger partial charge in [-0.2, -0.15) is 4.90 Å². The second kappa shape index (κ2) is 10.2. The summed E-state index contributed by atoms with van der Waals surface area (Å²) in [4.78, 5) is 43.1. The standard InChI is InChI=1S/C27H31N3O6/c1-26(2,3)35-24(33)30(25(34)36-27(4,5)6)22-20-13-12-19(16-18(20)14-15-28-22)29-21(23(31)32)17-10-8-7-9-11-17/h7-16,21,29H,1-6H3,(H,31,32). The minimum atomic E-state index is -1.03. The number of nitrogens with zero attached hydrogens (tertiary/aromatic N) is 2. The van der Waals surface area contributed by atoms with Crippen molar-refractivity contribution < 1.29 is 29.0 Å². The summed E-state index contributed by atoms with van der Waals surface area (Å²) in [6.07, 6.45) is -0.391. The number of fused-ring (bicyclic) bond motifs is 1. The summed E-state index contributed by atoms with van der Waals surface area (Å²) < 4.78 is 10.9. The Morgan fingerprint density at radius 3 is 2.00 bits per heavy atom. The maximum absolute atomic E-state index is 13.1. The molecule has 2 N–H and O–H groups in total. The van der Waals surface area contributed by atoms with Crippen LogP contribution in [0.5, 0.6) is 0 Å². The van der Waals surface area contributed by atoms with Gasteiger partial charge in [0.15, 0.2) is 11.9 Å². The fourth-order valence-electron chi connectivity index (χ4n) is 3.39. The van der Waals surface area contributed by atoms with Gasteiger partial charge in [-0.1, -0.05) is 30.3 Å². The molecule has 1 aromatic heterocycles. The van der Waals surface area contributed by atoms with Crippen LogP contribution in [0.1, 0.15) is 53.1 Å². The summed E-state index contributed by atoms with van der Waals surface area (Å²) in [6.45, 7) is 10.2. The molecule has 9 nitrogen and oxygen atoms in total. The average molecular weight is 494 g/mol. The van der Waals surface area contributed by atoms with Crippen LogP contribution in [0.15, 0.2) is 60.8 Å². The molecule has 0 aliphatic heterocycles. The van der Waals surface area contributed by atoms with Gasteiger partial charge in [-0.3, -0.25) is 0 Å². The summed E-state index contributed by atoms with van der Waals surface area (Å²) in [7, 11) is 0. The molecule has 0 aliphatic carbocycles. The van der Waals surface area contributed by atoms with Gasteiger partial charge in [0.25, 0.3) is 0 Å². The fraction of sp³-hybridized carbons (Fsp3) is 0.333. The summed E-state index contributed by atoms with van der Waals surface area (Å²) in [5.74, 6) is -0.988. The fourth-order valence-corrected chi connectivity index (χ4v) is 3.39. The number of hydrogen-bond donors (Lipinski definition) is 2. The molecule has 0 aliphatic rings. The van der Waals surface area contributed by atoms with Crippen LogP contribution in [-0.2, 0) is 14.3 Å². The van der Waals surface area contributed by atoms with Crippen molar-refractivity contribution >= 4 is 40.4 Å². The summed E-state index contributed by atoms with van der Waals surface area (Å²) >= 11 is 0. The number of hydrogen-bond acceptors (Lipinski definition) is 7. The predicted octanol–water partition coefficient (Wildman–Crippen LogP) is 6.15. The first kappa shape index (κ1) is 26.5. The second-order valence-electron chi connectivity index (χ2n) is 10.2. The number of imide groups is 1. The van der Waals surface area contributed by atoms with Crippen molar-refractivity contribution in [2.75, 3.05) is 10.2 Å². The van der Waals surface area contributed by atoms with Crippen molar-refractivity contribution in [3.05, 3.63) is 66.4 Å². The molecule has 2 amide bonds. The molecule has 3 rings (SSSR count). The van der Waals surface area contributed by atoms with E-state index in [1.807, 2.05) is 6.07 Å². The van der Waals surface area contributed by atoms with Crippen molar-refractivity contribution in [1.82, 2.24) is 4.98 Å². The van der Waals surface area contributed by atoms with E-state index >= 15 is 0 Å². The summed E-state index contributed by atoms with van der Waals surface area (Å²) in [6, 6.07) is 14.6. The number of aliphatic carboxylic acids is 1. The third-order valence-corrected chi connectivity index (χ3v) is 4.80. The monoisotopic (exact) mass is 493 g/mol. The Bertz CT molecular complexity index is 1230. The highest BCUT2D eigenvalue weighted by molar-refractivity contribution is 6.14. The number of carbonyl (C=O) groups excluding carboxylic acids is 2. The number of anilines is 2. The largest absolute Gasteiger partial charge is 0.479 e. The highest BCUT2D eigenvalue weighted by atomic mass is 16.6. The lowest BCUT2D eigenvalue weighted by molar-refractivity contribution is -0.138. The lowest BCUT2D eigenvalue weighted by Crippen LogP contribution is -2.44. The van der Waals surface area contributed by atoms with Gasteiger partial charge in [0, 0.05) is 17.3 Å². The molecule has 0 spiro atoms. The van der Waals surface area contributed by atoms with E-state index in [-0.39, 0.29) is 5.82 Å². The van der Waals surface area contributed by atoms with Crippen molar-refractivity contribution in [2.24, 2.45) is 0 Å². The van der Waals surface area contributed by atoms with Gasteiger partial charge in [0.2, 0.25) is 0 Å². The molecule has 36 heavy (non-hydrogen) atoms. The molecule has 0 bridgehead atoms. The van der Waals surface area contributed by atoms with Crippen molar-refractivity contribution in [3.8, 4) is 0 Å². The maximum Gasteiger partial charge on any atom is 0.425 e. The van der Waals surface area contributed by atoms with Gasteiger partial charge in [-0.15, -0.1) is 0 Å². The maximum atomic E-state index is 13.1. The molecule has 0 fully saturated rings. The molecule has 1 heterocycles. The highest BCUT2D eigenvalue weighted by Gasteiger charge is 2.34. The lowest BCUT2D eigenvalue weighted by atomic mass is 10.1. The van der Waals surface area contributed by atoms with Crippen LogP contribution in [0, 0.1) is 0 Å². The number of carboxylic acids is 1. The normalized spacial score (nSPS) is 12.5. The Morgan fingerprint density at radius 1 is 0.889 bits per heavy atom. The molecule has 190 valence electrons. The molecule has 0 radical (unpaired) electrons. The zero-order chi connectivity index (χ0) is 26.7. The SMILES string of the molecule is CC(C)(C)OC(=O)N(C(=O)OC(C)(C)C)c1nccc2cc(NC(C(=O)O)c3ccccc3)ccc12. The number of ether oxygens (including phenoxy) is 2. The molecule has 3 aromatic rings. The zero-order valence-electron chi connectivity index (χ0n) is 21.2. The van der Waals surface area contributed by atoms with Gasteiger partial charge in [-0.05, 0) is 76.8 Å². The van der Waals surface area contributed by atoms with Gasteiger partial charge < -0.3 is 19.9 Å². The molecule has 9 heteroatoms. The van der Waals surface area contributed by atoms with E-state index in [1.165, 1.54) is 6.20 Å². The van der Waals surface area contributed by atoms with Gasteiger partial charge in [-0.25, -0.2) is 19.4 Å². The second-order valence-corrected chi connectivity index (χ2v) is 10.2. The molecule has 1 atom stereocenters. The first-order valence-electron chi connectivity index (χ1n) is 11.4. The van der Waals surface area contributed by atoms with Crippen molar-refractivity contribution in [1.29, 1.82) is 0 Å². The minimum absolute atomic E-state index is 0.0420. The number of aromatic nitrogens is 1. The molecule has 2 aromatic carbocycles. The van der Waals surface area contributed by atoms with Crippen LogP contribution in [0.4, 0.5) is 21.1 Å². The third-order valence-electron chi connectivity index (χ3n) is 4.80. The van der Waals surface area contributed by atoms with E-state index in [9.17, 15) is 19.5 Å². The van der Waals surface area contributed by atoms with Crippen molar-refractivity contribution in [3.63, 3.8) is 0 Å². The van der Waals surface area contributed by atoms with Gasteiger partial charge in [0.1, 0.15) is 11.2 Å². The van der Waals surface area contributed by atoms with E-state index in [1.54, 1.807) is 90.1 Å². The van der Waals surface area contributed by atoms with Crippen LogP contribution in [-0.4, -0.2) is 39.4 Å². The van der Waals surface area contributed by atoms with Crippen LogP contribution in [0.2, 0.25) is 0 Å². The summed E-state index contributed by atoms with van der Waals surface area (Å²) in [5, 5.41) is 13.9. The number of nitrogens with one attached hydrogen (secondary N) is 1. The van der Waals surface area contributed by atoms with E-state index in [2.05, 4.69) is 10.3 Å². The Hall–Kier alpha value is -4.14. The molecule has 1 unspecified atom stereocenters. The third kappa shape index (κ3) is 6.71. The number of benzene rings is 2. The van der Waals surface area contributed by atoms with E-state index in [0.29, 0.717) is 22.0 Å². The highest BCUT2D eigenvalue weighted by Crippen LogP contribution is 2.31. The van der Waals surface area contributed by atoms with Gasteiger partial charge in [0.05, 0.1) is 0 Å².